The van der Waals surface area contributed by atoms with Gasteiger partial charge >= 0.3 is 5.97 Å². The van der Waals surface area contributed by atoms with E-state index in [4.69, 9.17) is 14.2 Å². The van der Waals surface area contributed by atoms with Gasteiger partial charge in [0, 0.05) is 25.2 Å². The number of ether oxygens (including phenoxy) is 3. The van der Waals surface area contributed by atoms with Crippen molar-refractivity contribution in [3.63, 3.8) is 0 Å². The highest BCUT2D eigenvalue weighted by molar-refractivity contribution is 5.88. The first-order valence-electron chi connectivity index (χ1n) is 7.14. The summed E-state index contributed by atoms with van der Waals surface area (Å²) in [6, 6.07) is 7.69. The van der Waals surface area contributed by atoms with Crippen LogP contribution in [0.1, 0.15) is 6.42 Å². The zero-order valence-corrected chi connectivity index (χ0v) is 12.1. The first kappa shape index (κ1) is 13.9. The summed E-state index contributed by atoms with van der Waals surface area (Å²) in [7, 11) is 1.41. The number of fused-ring (bicyclic) bond motifs is 1. The minimum absolute atomic E-state index is 0.0168. The summed E-state index contributed by atoms with van der Waals surface area (Å²) in [6.07, 6.45) is 2.79. The molecule has 0 saturated heterocycles. The number of nitrogens with zero attached hydrogens (tertiary/aromatic N) is 1. The minimum Gasteiger partial charge on any atom is -0.486 e. The molecule has 2 aliphatic heterocycles. The van der Waals surface area contributed by atoms with E-state index in [9.17, 15) is 4.79 Å². The second-order valence-corrected chi connectivity index (χ2v) is 5.24. The third kappa shape index (κ3) is 3.19. The van der Waals surface area contributed by atoms with Crippen LogP contribution in [0.5, 0.6) is 11.5 Å². The Morgan fingerprint density at radius 3 is 3.00 bits per heavy atom. The van der Waals surface area contributed by atoms with Crippen LogP contribution in [0.25, 0.3) is 0 Å². The summed E-state index contributed by atoms with van der Waals surface area (Å²) in [5.41, 5.74) is 0.723. The molecule has 5 nitrogen and oxygen atoms in total. The standard InChI is InChI=1S/C16H19NO4/c1-19-16(18)12-5-4-8-17(9-12)10-13-11-20-14-6-2-3-7-15(14)21-13/h2-3,5-7,13H,4,8-11H2,1H3. The lowest BCUT2D eigenvalue weighted by molar-refractivity contribution is -0.136. The molecule has 2 heterocycles. The smallest absolute Gasteiger partial charge is 0.334 e. The molecular formula is C16H19NO4. The highest BCUT2D eigenvalue weighted by atomic mass is 16.6. The Bertz CT molecular complexity index is 555. The highest BCUT2D eigenvalue weighted by Crippen LogP contribution is 2.31. The second kappa shape index (κ2) is 6.18. The van der Waals surface area contributed by atoms with Crippen molar-refractivity contribution in [2.45, 2.75) is 12.5 Å². The molecule has 1 atom stereocenters. The van der Waals surface area contributed by atoms with Crippen LogP contribution in [0.2, 0.25) is 0 Å². The van der Waals surface area contributed by atoms with Crippen LogP contribution in [-0.2, 0) is 9.53 Å². The number of esters is 1. The molecule has 21 heavy (non-hydrogen) atoms. The average molecular weight is 289 g/mol. The highest BCUT2D eigenvalue weighted by Gasteiger charge is 2.25. The van der Waals surface area contributed by atoms with E-state index in [1.54, 1.807) is 0 Å². The molecule has 0 fully saturated rings. The summed E-state index contributed by atoms with van der Waals surface area (Å²) < 4.78 is 16.5. The van der Waals surface area contributed by atoms with E-state index in [0.717, 1.165) is 36.6 Å². The van der Waals surface area contributed by atoms with E-state index >= 15 is 0 Å². The normalized spacial score (nSPS) is 21.6. The monoisotopic (exact) mass is 289 g/mol. The molecule has 5 heteroatoms. The maximum atomic E-state index is 11.6. The van der Waals surface area contributed by atoms with Gasteiger partial charge in [-0.15, -0.1) is 0 Å². The number of hydrogen-bond acceptors (Lipinski definition) is 5. The minimum atomic E-state index is -0.245. The van der Waals surface area contributed by atoms with E-state index in [1.807, 2.05) is 30.3 Å². The van der Waals surface area contributed by atoms with Crippen molar-refractivity contribution >= 4 is 5.97 Å². The van der Waals surface area contributed by atoms with Gasteiger partial charge in [-0.05, 0) is 18.6 Å². The van der Waals surface area contributed by atoms with E-state index < -0.39 is 0 Å². The topological polar surface area (TPSA) is 48.0 Å². The van der Waals surface area contributed by atoms with Crippen LogP contribution >= 0.6 is 0 Å². The number of methoxy groups -OCH3 is 1. The van der Waals surface area contributed by atoms with Crippen molar-refractivity contribution in [2.24, 2.45) is 0 Å². The molecule has 1 aromatic carbocycles. The summed E-state index contributed by atoms with van der Waals surface area (Å²) >= 11 is 0. The van der Waals surface area contributed by atoms with Gasteiger partial charge in [-0.25, -0.2) is 4.79 Å². The lowest BCUT2D eigenvalue weighted by Gasteiger charge is -2.32. The zero-order valence-electron chi connectivity index (χ0n) is 12.1. The Balaban J connectivity index is 1.59. The van der Waals surface area contributed by atoms with Gasteiger partial charge < -0.3 is 14.2 Å². The molecule has 0 bridgehead atoms. The molecule has 0 N–H and O–H groups in total. The van der Waals surface area contributed by atoms with Gasteiger partial charge in [0.2, 0.25) is 0 Å². The van der Waals surface area contributed by atoms with E-state index in [2.05, 4.69) is 4.90 Å². The third-order valence-electron chi connectivity index (χ3n) is 3.71. The van der Waals surface area contributed by atoms with Crippen molar-refractivity contribution in [2.75, 3.05) is 33.4 Å². The Kier molecular flexibility index (Phi) is 4.10. The predicted octanol–water partition coefficient (Wildman–Crippen LogP) is 1.63. The van der Waals surface area contributed by atoms with Crippen LogP contribution in [0, 0.1) is 0 Å². The zero-order chi connectivity index (χ0) is 14.7. The number of benzene rings is 1. The van der Waals surface area contributed by atoms with Crippen LogP contribution in [0.4, 0.5) is 0 Å². The molecule has 112 valence electrons. The summed E-state index contributed by atoms with van der Waals surface area (Å²) in [5, 5.41) is 0. The van der Waals surface area contributed by atoms with Crippen LogP contribution in [0.15, 0.2) is 35.9 Å². The summed E-state index contributed by atoms with van der Waals surface area (Å²) in [5.74, 6) is 1.34. The van der Waals surface area contributed by atoms with Crippen molar-refractivity contribution in [1.82, 2.24) is 4.90 Å². The Hall–Kier alpha value is -2.01. The van der Waals surface area contributed by atoms with Crippen molar-refractivity contribution in [1.29, 1.82) is 0 Å². The predicted molar refractivity (Wildman–Crippen MR) is 77.5 cm³/mol. The third-order valence-corrected chi connectivity index (χ3v) is 3.71. The number of hydrogen-bond donors (Lipinski definition) is 0. The molecule has 0 spiro atoms. The number of carbonyl (C=O) groups is 1. The first-order valence-corrected chi connectivity index (χ1v) is 7.14. The molecule has 0 aromatic heterocycles. The number of rotatable bonds is 3. The summed E-state index contributed by atoms with van der Waals surface area (Å²) in [4.78, 5) is 13.8. The fourth-order valence-electron chi connectivity index (χ4n) is 2.68. The SMILES string of the molecule is COC(=O)C1=CCCN(CC2COc3ccccc3O2)C1. The molecule has 1 aromatic rings. The quantitative estimate of drug-likeness (QED) is 0.792. The molecule has 0 amide bonds. The van der Waals surface area contributed by atoms with Gasteiger partial charge in [0.15, 0.2) is 11.5 Å². The van der Waals surface area contributed by atoms with Gasteiger partial charge in [-0.2, -0.15) is 0 Å². The van der Waals surface area contributed by atoms with Crippen LogP contribution in [-0.4, -0.2) is 50.3 Å². The van der Waals surface area contributed by atoms with Gasteiger partial charge in [0.05, 0.1) is 7.11 Å². The van der Waals surface area contributed by atoms with E-state index in [-0.39, 0.29) is 12.1 Å². The number of carbonyl (C=O) groups excluding carboxylic acids is 1. The van der Waals surface area contributed by atoms with Crippen molar-refractivity contribution in [3.05, 3.63) is 35.9 Å². The molecule has 2 aliphatic rings. The fraction of sp³-hybridized carbons (Fsp3) is 0.438. The van der Waals surface area contributed by atoms with Crippen LogP contribution in [0.3, 0.4) is 0 Å². The second-order valence-electron chi connectivity index (χ2n) is 5.24. The molecule has 1 unspecified atom stereocenters. The lowest BCUT2D eigenvalue weighted by Crippen LogP contribution is -2.43. The van der Waals surface area contributed by atoms with Crippen molar-refractivity contribution < 1.29 is 19.0 Å². The molecule has 0 aliphatic carbocycles. The van der Waals surface area contributed by atoms with Crippen LogP contribution < -0.4 is 9.47 Å². The van der Waals surface area contributed by atoms with Gasteiger partial charge in [0.25, 0.3) is 0 Å². The Labute approximate surface area is 124 Å². The first-order chi connectivity index (χ1) is 10.3. The fourth-order valence-corrected chi connectivity index (χ4v) is 2.68. The van der Waals surface area contributed by atoms with Crippen molar-refractivity contribution in [3.8, 4) is 11.5 Å². The van der Waals surface area contributed by atoms with Gasteiger partial charge in [0.1, 0.15) is 12.7 Å². The maximum Gasteiger partial charge on any atom is 0.334 e. The largest absolute Gasteiger partial charge is 0.486 e. The lowest BCUT2D eigenvalue weighted by atomic mass is 10.1. The average Bonchev–Trinajstić information content (AvgIpc) is 2.54. The Morgan fingerprint density at radius 2 is 2.19 bits per heavy atom. The van der Waals surface area contributed by atoms with Gasteiger partial charge in [-0.3, -0.25) is 4.90 Å². The molecule has 0 radical (unpaired) electrons. The molecule has 3 rings (SSSR count). The maximum absolute atomic E-state index is 11.6. The van der Waals surface area contributed by atoms with E-state index in [0.29, 0.717) is 13.2 Å². The summed E-state index contributed by atoms with van der Waals surface area (Å²) in [6.45, 7) is 2.80. The molecular weight excluding hydrogens is 270 g/mol. The van der Waals surface area contributed by atoms with Gasteiger partial charge in [-0.1, -0.05) is 18.2 Å². The number of para-hydroxylation sites is 2. The Morgan fingerprint density at radius 1 is 1.38 bits per heavy atom. The molecule has 0 saturated carbocycles. The van der Waals surface area contributed by atoms with E-state index in [1.165, 1.54) is 7.11 Å².